The second-order valence-electron chi connectivity index (χ2n) is 3.64. The first-order valence-electron chi connectivity index (χ1n) is 5.50. The monoisotopic (exact) mass is 387 g/mol. The van der Waals surface area contributed by atoms with Gasteiger partial charge in [-0.05, 0) is 50.9 Å². The Kier molecular flexibility index (Phi) is 4.26. The van der Waals surface area contributed by atoms with Gasteiger partial charge in [-0.1, -0.05) is 6.07 Å². The van der Waals surface area contributed by atoms with Gasteiger partial charge in [0.25, 0.3) is 0 Å². The van der Waals surface area contributed by atoms with E-state index in [2.05, 4.69) is 36.8 Å². The first kappa shape index (κ1) is 14.1. The van der Waals surface area contributed by atoms with Crippen LogP contribution in [0.25, 0.3) is 5.69 Å². The maximum absolute atomic E-state index is 11.7. The molecule has 0 aliphatic rings. The Labute approximate surface area is 127 Å². The lowest BCUT2D eigenvalue weighted by Crippen LogP contribution is -2.09. The molecule has 0 unspecified atom stereocenters. The molecule has 0 atom stereocenters. The standard InChI is InChI=1S/C12H11Br2N3O2/c1-2-19-12(18)9-11(15)17(6-16-9)10-7(13)4-3-5-8(10)14/h3-6H,2,15H2,1H3. The van der Waals surface area contributed by atoms with Crippen LogP contribution in [0.2, 0.25) is 0 Å². The molecule has 19 heavy (non-hydrogen) atoms. The van der Waals surface area contributed by atoms with Gasteiger partial charge in [0.05, 0.1) is 12.3 Å². The second-order valence-corrected chi connectivity index (χ2v) is 5.35. The zero-order valence-corrected chi connectivity index (χ0v) is 13.2. The van der Waals surface area contributed by atoms with E-state index in [1.807, 2.05) is 18.2 Å². The summed E-state index contributed by atoms with van der Waals surface area (Å²) in [5.41, 5.74) is 6.86. The number of hydrogen-bond acceptors (Lipinski definition) is 4. The number of para-hydroxylation sites is 1. The van der Waals surface area contributed by atoms with Crippen molar-refractivity contribution in [2.75, 3.05) is 12.3 Å². The predicted octanol–water partition coefficient (Wildman–Crippen LogP) is 3.16. The molecule has 0 saturated heterocycles. The lowest BCUT2D eigenvalue weighted by atomic mass is 10.3. The number of ether oxygens (including phenoxy) is 1. The molecule has 0 bridgehead atoms. The summed E-state index contributed by atoms with van der Waals surface area (Å²) in [7, 11) is 0. The van der Waals surface area contributed by atoms with Gasteiger partial charge in [-0.3, -0.25) is 4.57 Å². The summed E-state index contributed by atoms with van der Waals surface area (Å²) in [5.74, 6) is -0.284. The second kappa shape index (κ2) is 5.75. The van der Waals surface area contributed by atoms with Gasteiger partial charge in [0.1, 0.15) is 12.1 Å². The molecule has 2 aromatic rings. The minimum absolute atomic E-state index is 0.115. The summed E-state index contributed by atoms with van der Waals surface area (Å²) in [6.07, 6.45) is 1.49. The van der Waals surface area contributed by atoms with E-state index in [4.69, 9.17) is 10.5 Å². The summed E-state index contributed by atoms with van der Waals surface area (Å²) in [4.78, 5) is 15.7. The third kappa shape index (κ3) is 2.66. The molecule has 2 N–H and O–H groups in total. The Bertz CT molecular complexity index is 605. The van der Waals surface area contributed by atoms with E-state index in [0.717, 1.165) is 14.6 Å². The molecule has 0 fully saturated rings. The molecule has 0 radical (unpaired) electrons. The van der Waals surface area contributed by atoms with Crippen LogP contribution in [-0.4, -0.2) is 22.1 Å². The maximum atomic E-state index is 11.7. The molecule has 0 aliphatic heterocycles. The normalized spacial score (nSPS) is 10.5. The van der Waals surface area contributed by atoms with Crippen molar-refractivity contribution < 1.29 is 9.53 Å². The topological polar surface area (TPSA) is 70.1 Å². The molecule has 2 rings (SSSR count). The highest BCUT2D eigenvalue weighted by molar-refractivity contribution is 9.11. The molecule has 1 heterocycles. The van der Waals surface area contributed by atoms with Crippen LogP contribution in [0.1, 0.15) is 17.4 Å². The number of hydrogen-bond donors (Lipinski definition) is 1. The molecule has 1 aromatic heterocycles. The summed E-state index contributed by atoms with van der Waals surface area (Å²) in [6, 6.07) is 5.64. The predicted molar refractivity (Wildman–Crippen MR) is 79.3 cm³/mol. The van der Waals surface area contributed by atoms with Crippen molar-refractivity contribution in [3.05, 3.63) is 39.2 Å². The van der Waals surface area contributed by atoms with Crippen LogP contribution in [0.5, 0.6) is 0 Å². The number of benzene rings is 1. The third-order valence-electron chi connectivity index (χ3n) is 2.45. The Morgan fingerprint density at radius 2 is 2.05 bits per heavy atom. The molecule has 0 amide bonds. The fourth-order valence-corrected chi connectivity index (χ4v) is 2.99. The van der Waals surface area contributed by atoms with E-state index in [1.165, 1.54) is 6.33 Å². The molecular weight excluding hydrogens is 378 g/mol. The van der Waals surface area contributed by atoms with Gasteiger partial charge in [0.15, 0.2) is 5.69 Å². The van der Waals surface area contributed by atoms with Crippen LogP contribution in [0, 0.1) is 0 Å². The average molecular weight is 389 g/mol. The van der Waals surface area contributed by atoms with Crippen LogP contribution in [0.4, 0.5) is 5.82 Å². The minimum atomic E-state index is -0.526. The van der Waals surface area contributed by atoms with Crippen LogP contribution >= 0.6 is 31.9 Å². The summed E-state index contributed by atoms with van der Waals surface area (Å²) < 4.78 is 8.19. The van der Waals surface area contributed by atoms with Gasteiger partial charge in [-0.25, -0.2) is 9.78 Å². The molecule has 7 heteroatoms. The van der Waals surface area contributed by atoms with Gasteiger partial charge in [-0.2, -0.15) is 0 Å². The number of aromatic nitrogens is 2. The van der Waals surface area contributed by atoms with Crippen LogP contribution < -0.4 is 5.73 Å². The van der Waals surface area contributed by atoms with Crippen LogP contribution in [-0.2, 0) is 4.74 Å². The molecule has 5 nitrogen and oxygen atoms in total. The zero-order valence-electron chi connectivity index (χ0n) is 10.1. The number of imidazole rings is 1. The molecule has 0 spiro atoms. The van der Waals surface area contributed by atoms with E-state index in [9.17, 15) is 4.79 Å². The Morgan fingerprint density at radius 1 is 1.42 bits per heavy atom. The SMILES string of the molecule is CCOC(=O)c1ncn(-c2c(Br)cccc2Br)c1N. The van der Waals surface area contributed by atoms with Crippen molar-refractivity contribution in [1.82, 2.24) is 9.55 Å². The van der Waals surface area contributed by atoms with Crippen LogP contribution in [0.3, 0.4) is 0 Å². The third-order valence-corrected chi connectivity index (χ3v) is 3.73. The molecule has 1 aromatic carbocycles. The molecular formula is C12H11Br2N3O2. The van der Waals surface area contributed by atoms with E-state index < -0.39 is 5.97 Å². The van der Waals surface area contributed by atoms with Gasteiger partial charge in [0, 0.05) is 8.95 Å². The number of esters is 1. The lowest BCUT2D eigenvalue weighted by molar-refractivity contribution is 0.0521. The fraction of sp³-hybridized carbons (Fsp3) is 0.167. The highest BCUT2D eigenvalue weighted by Crippen LogP contribution is 2.31. The summed E-state index contributed by atoms with van der Waals surface area (Å²) in [5, 5.41) is 0. The summed E-state index contributed by atoms with van der Waals surface area (Å²) in [6.45, 7) is 2.01. The van der Waals surface area contributed by atoms with Gasteiger partial charge in [0.2, 0.25) is 0 Å². The van der Waals surface area contributed by atoms with E-state index in [0.29, 0.717) is 0 Å². The van der Waals surface area contributed by atoms with Gasteiger partial charge < -0.3 is 10.5 Å². The van der Waals surface area contributed by atoms with Crippen molar-refractivity contribution in [3.8, 4) is 5.69 Å². The molecule has 100 valence electrons. The number of nitrogen functional groups attached to an aromatic ring is 1. The van der Waals surface area contributed by atoms with Crippen molar-refractivity contribution in [2.24, 2.45) is 0 Å². The van der Waals surface area contributed by atoms with Crippen LogP contribution in [0.15, 0.2) is 33.5 Å². The van der Waals surface area contributed by atoms with Gasteiger partial charge >= 0.3 is 5.97 Å². The maximum Gasteiger partial charge on any atom is 0.360 e. The average Bonchev–Trinajstić information content (AvgIpc) is 2.72. The number of halogens is 2. The van der Waals surface area contributed by atoms with Crippen molar-refractivity contribution in [3.63, 3.8) is 0 Å². The number of nitrogens with zero attached hydrogens (tertiary/aromatic N) is 2. The summed E-state index contributed by atoms with van der Waals surface area (Å²) >= 11 is 6.89. The number of carbonyl (C=O) groups is 1. The zero-order chi connectivity index (χ0) is 14.0. The fourth-order valence-electron chi connectivity index (χ4n) is 1.61. The largest absolute Gasteiger partial charge is 0.461 e. The Morgan fingerprint density at radius 3 is 2.63 bits per heavy atom. The van der Waals surface area contributed by atoms with E-state index in [1.54, 1.807) is 11.5 Å². The van der Waals surface area contributed by atoms with E-state index in [-0.39, 0.29) is 18.1 Å². The van der Waals surface area contributed by atoms with Crippen molar-refractivity contribution in [1.29, 1.82) is 0 Å². The van der Waals surface area contributed by atoms with Crippen molar-refractivity contribution in [2.45, 2.75) is 6.92 Å². The smallest absolute Gasteiger partial charge is 0.360 e. The number of carbonyl (C=O) groups excluding carboxylic acids is 1. The quantitative estimate of drug-likeness (QED) is 0.820. The van der Waals surface area contributed by atoms with Crippen molar-refractivity contribution >= 4 is 43.6 Å². The Balaban J connectivity index is 2.51. The molecule has 0 saturated carbocycles. The number of anilines is 1. The first-order valence-corrected chi connectivity index (χ1v) is 7.09. The lowest BCUT2D eigenvalue weighted by Gasteiger charge is -2.10. The Hall–Kier alpha value is -1.34. The highest BCUT2D eigenvalue weighted by atomic mass is 79.9. The van der Waals surface area contributed by atoms with Gasteiger partial charge in [-0.15, -0.1) is 0 Å². The number of nitrogens with two attached hydrogens (primary N) is 1. The number of rotatable bonds is 3. The molecule has 0 aliphatic carbocycles. The van der Waals surface area contributed by atoms with E-state index >= 15 is 0 Å². The minimum Gasteiger partial charge on any atom is -0.461 e. The highest BCUT2D eigenvalue weighted by Gasteiger charge is 2.19. The first-order chi connectivity index (χ1) is 9.06.